The van der Waals surface area contributed by atoms with Crippen molar-refractivity contribution >= 4 is 11.8 Å². The van der Waals surface area contributed by atoms with Gasteiger partial charge in [-0.2, -0.15) is 11.8 Å². The minimum Gasteiger partial charge on any atom is -0.385 e. The van der Waals surface area contributed by atoms with E-state index in [9.17, 15) is 5.11 Å². The Kier molecular flexibility index (Phi) is 3.34. The summed E-state index contributed by atoms with van der Waals surface area (Å²) in [6.07, 6.45) is -1.08. The number of thioether (sulfide) groups is 1. The minimum absolute atomic E-state index is 0.0679. The number of hydrogen-bond acceptors (Lipinski definition) is 5. The molecule has 2 saturated heterocycles. The number of ether oxygens (including phenoxy) is 3. The highest BCUT2D eigenvalue weighted by atomic mass is 32.2. The Bertz CT molecular complexity index is 201. The van der Waals surface area contributed by atoms with Crippen molar-refractivity contribution in [1.29, 1.82) is 0 Å². The number of aliphatic hydroxyl groups is 1. The number of hydrogen-bond donors (Lipinski definition) is 1. The maximum absolute atomic E-state index is 9.64. The fourth-order valence-corrected chi connectivity index (χ4v) is 2.49. The third-order valence-corrected chi connectivity index (χ3v) is 3.54. The van der Waals surface area contributed by atoms with Gasteiger partial charge in [0, 0.05) is 12.9 Å². The van der Waals surface area contributed by atoms with Gasteiger partial charge in [-0.05, 0) is 5.75 Å². The molecule has 0 unspecified atom stereocenters. The van der Waals surface area contributed by atoms with Crippen LogP contribution in [0.15, 0.2) is 0 Å². The van der Waals surface area contributed by atoms with Gasteiger partial charge in [-0.15, -0.1) is 0 Å². The van der Waals surface area contributed by atoms with Gasteiger partial charge in [0.05, 0.1) is 6.10 Å². The zero-order valence-corrected chi connectivity index (χ0v) is 9.20. The third-order valence-electron chi connectivity index (χ3n) is 2.57. The molecule has 0 aromatic carbocycles. The normalized spacial score (nSPS) is 46.1. The predicted molar refractivity (Wildman–Crippen MR) is 53.3 cm³/mol. The molecule has 0 amide bonds. The van der Waals surface area contributed by atoms with E-state index in [0.29, 0.717) is 0 Å². The summed E-state index contributed by atoms with van der Waals surface area (Å²) in [5.74, 6) is 1.97. The quantitative estimate of drug-likeness (QED) is 0.688. The summed E-state index contributed by atoms with van der Waals surface area (Å²) in [5, 5.41) is 9.64. The van der Waals surface area contributed by atoms with Gasteiger partial charge < -0.3 is 19.3 Å². The fraction of sp³-hybridized carbons (Fsp3) is 1.00. The van der Waals surface area contributed by atoms with Crippen LogP contribution in [-0.4, -0.2) is 54.4 Å². The van der Waals surface area contributed by atoms with Crippen LogP contribution in [0.5, 0.6) is 0 Å². The Morgan fingerprint density at radius 1 is 1.36 bits per heavy atom. The summed E-state index contributed by atoms with van der Waals surface area (Å²) in [6, 6.07) is 0. The van der Waals surface area contributed by atoms with Crippen LogP contribution in [0.3, 0.4) is 0 Å². The highest BCUT2D eigenvalue weighted by Crippen LogP contribution is 2.38. The van der Waals surface area contributed by atoms with Gasteiger partial charge >= 0.3 is 0 Å². The Labute approximate surface area is 87.9 Å². The fourth-order valence-electron chi connectivity index (χ4n) is 1.76. The van der Waals surface area contributed by atoms with Gasteiger partial charge in [-0.3, -0.25) is 0 Å². The second-order valence-corrected chi connectivity index (χ2v) is 4.81. The van der Waals surface area contributed by atoms with E-state index in [-0.39, 0.29) is 18.3 Å². The van der Waals surface area contributed by atoms with E-state index in [1.54, 1.807) is 7.11 Å². The number of rotatable bonds is 4. The van der Waals surface area contributed by atoms with Gasteiger partial charge in [0.2, 0.25) is 0 Å². The third kappa shape index (κ3) is 1.92. The SMILES string of the molecule is CCSC[C@H]1O[C@@H](OC)[C@H](O)[C@H]2O[C@H]21. The Balaban J connectivity index is 1.88. The smallest absolute Gasteiger partial charge is 0.186 e. The van der Waals surface area contributed by atoms with Crippen LogP contribution in [0.4, 0.5) is 0 Å². The molecule has 14 heavy (non-hydrogen) atoms. The van der Waals surface area contributed by atoms with E-state index in [0.717, 1.165) is 11.5 Å². The van der Waals surface area contributed by atoms with Crippen molar-refractivity contribution < 1.29 is 19.3 Å². The van der Waals surface area contributed by atoms with E-state index < -0.39 is 12.4 Å². The first-order valence-electron chi connectivity index (χ1n) is 4.87. The van der Waals surface area contributed by atoms with E-state index >= 15 is 0 Å². The Hall–Kier alpha value is 0.190. The molecular formula is C9H16O4S. The van der Waals surface area contributed by atoms with Gasteiger partial charge in [0.1, 0.15) is 18.3 Å². The van der Waals surface area contributed by atoms with Gasteiger partial charge in [0.15, 0.2) is 6.29 Å². The standard InChI is InChI=1S/C9H16O4S/c1-3-14-4-5-7-8(13-7)6(10)9(11-2)12-5/h5-10H,3-4H2,1-2H3/t5-,6-,7+,8-,9-/m1/s1. The lowest BCUT2D eigenvalue weighted by atomic mass is 10.1. The van der Waals surface area contributed by atoms with Crippen molar-refractivity contribution in [3.05, 3.63) is 0 Å². The van der Waals surface area contributed by atoms with Crippen molar-refractivity contribution in [2.45, 2.75) is 37.6 Å². The molecule has 2 rings (SSSR count). The largest absolute Gasteiger partial charge is 0.385 e. The lowest BCUT2D eigenvalue weighted by Crippen LogP contribution is -2.46. The second kappa shape index (κ2) is 4.37. The highest BCUT2D eigenvalue weighted by molar-refractivity contribution is 7.99. The molecule has 0 aliphatic carbocycles. The topological polar surface area (TPSA) is 51.2 Å². The average Bonchev–Trinajstić information content (AvgIpc) is 2.97. The van der Waals surface area contributed by atoms with Gasteiger partial charge in [-0.25, -0.2) is 0 Å². The molecule has 0 saturated carbocycles. The van der Waals surface area contributed by atoms with Crippen LogP contribution >= 0.6 is 11.8 Å². The maximum Gasteiger partial charge on any atom is 0.186 e. The van der Waals surface area contributed by atoms with Gasteiger partial charge in [0.25, 0.3) is 0 Å². The van der Waals surface area contributed by atoms with Crippen molar-refractivity contribution in [1.82, 2.24) is 0 Å². The van der Waals surface area contributed by atoms with Gasteiger partial charge in [-0.1, -0.05) is 6.92 Å². The average molecular weight is 220 g/mol. The van der Waals surface area contributed by atoms with E-state index in [4.69, 9.17) is 14.2 Å². The van der Waals surface area contributed by atoms with Crippen LogP contribution in [0.1, 0.15) is 6.92 Å². The molecule has 0 aromatic rings. The summed E-state index contributed by atoms with van der Waals surface area (Å²) in [4.78, 5) is 0. The molecule has 5 heteroatoms. The van der Waals surface area contributed by atoms with Crippen molar-refractivity contribution in [3.8, 4) is 0 Å². The molecule has 2 aliphatic heterocycles. The molecule has 2 aliphatic rings. The second-order valence-electron chi connectivity index (χ2n) is 3.49. The summed E-state index contributed by atoms with van der Waals surface area (Å²) < 4.78 is 16.0. The first-order valence-corrected chi connectivity index (χ1v) is 6.03. The van der Waals surface area contributed by atoms with Crippen LogP contribution in [0.2, 0.25) is 0 Å². The zero-order valence-electron chi connectivity index (χ0n) is 8.38. The number of methoxy groups -OCH3 is 1. The Morgan fingerprint density at radius 2 is 2.14 bits per heavy atom. The number of aliphatic hydroxyl groups excluding tert-OH is 1. The van der Waals surface area contributed by atoms with E-state index in [1.165, 1.54) is 0 Å². The van der Waals surface area contributed by atoms with Crippen LogP contribution < -0.4 is 0 Å². The molecule has 0 aromatic heterocycles. The first-order chi connectivity index (χ1) is 6.77. The molecular weight excluding hydrogens is 204 g/mol. The molecule has 2 heterocycles. The number of epoxide rings is 1. The lowest BCUT2D eigenvalue weighted by molar-refractivity contribution is -0.213. The number of fused-ring (bicyclic) bond motifs is 1. The zero-order chi connectivity index (χ0) is 10.1. The first kappa shape index (κ1) is 10.7. The molecule has 82 valence electrons. The molecule has 4 nitrogen and oxygen atoms in total. The van der Waals surface area contributed by atoms with Crippen molar-refractivity contribution in [2.24, 2.45) is 0 Å². The molecule has 0 radical (unpaired) electrons. The maximum atomic E-state index is 9.64. The van der Waals surface area contributed by atoms with Crippen molar-refractivity contribution in [2.75, 3.05) is 18.6 Å². The van der Waals surface area contributed by atoms with E-state index in [1.807, 2.05) is 11.8 Å². The summed E-state index contributed by atoms with van der Waals surface area (Å²) >= 11 is 1.82. The minimum atomic E-state index is -0.632. The monoisotopic (exact) mass is 220 g/mol. The van der Waals surface area contributed by atoms with Crippen LogP contribution in [0, 0.1) is 0 Å². The van der Waals surface area contributed by atoms with E-state index in [2.05, 4.69) is 6.92 Å². The van der Waals surface area contributed by atoms with Crippen molar-refractivity contribution in [3.63, 3.8) is 0 Å². The van der Waals surface area contributed by atoms with Crippen LogP contribution in [-0.2, 0) is 14.2 Å². The van der Waals surface area contributed by atoms with Crippen LogP contribution in [0.25, 0.3) is 0 Å². The predicted octanol–water partition coefficient (Wildman–Crippen LogP) is 0.239. The summed E-state index contributed by atoms with van der Waals surface area (Å²) in [7, 11) is 1.54. The Morgan fingerprint density at radius 3 is 2.79 bits per heavy atom. The summed E-state index contributed by atoms with van der Waals surface area (Å²) in [6.45, 7) is 2.11. The molecule has 0 spiro atoms. The molecule has 0 bridgehead atoms. The molecule has 1 N–H and O–H groups in total. The lowest BCUT2D eigenvalue weighted by Gasteiger charge is -2.29. The molecule has 2 fully saturated rings. The molecule has 5 atom stereocenters. The highest BCUT2D eigenvalue weighted by Gasteiger charge is 2.57. The summed E-state index contributed by atoms with van der Waals surface area (Å²) in [5.41, 5.74) is 0.